The predicted molar refractivity (Wildman–Crippen MR) is 107 cm³/mol. The van der Waals surface area contributed by atoms with E-state index >= 15 is 0 Å². The van der Waals surface area contributed by atoms with Crippen LogP contribution in [0.1, 0.15) is 57.6 Å². The largest absolute Gasteiger partial charge is 0.497 e. The van der Waals surface area contributed by atoms with Crippen LogP contribution in [0.15, 0.2) is 24.3 Å². The van der Waals surface area contributed by atoms with Crippen molar-refractivity contribution in [1.29, 1.82) is 0 Å². The Bertz CT molecular complexity index is 695. The second-order valence-corrected chi connectivity index (χ2v) is 9.17. The molecule has 0 aromatic heterocycles. The monoisotopic (exact) mass is 396 g/mol. The number of carbonyl (C=O) groups is 1. The Morgan fingerprint density at radius 3 is 2.37 bits per heavy atom. The fraction of sp³-hybridized carbons (Fsp3) is 0.650. The van der Waals surface area contributed by atoms with Crippen molar-refractivity contribution in [2.45, 2.75) is 52.0 Å². The molecule has 1 saturated heterocycles. The van der Waals surface area contributed by atoms with Crippen molar-refractivity contribution in [2.75, 3.05) is 26.0 Å². The lowest BCUT2D eigenvalue weighted by Gasteiger charge is -2.31. The highest BCUT2D eigenvalue weighted by Crippen LogP contribution is 2.24. The van der Waals surface area contributed by atoms with Crippen molar-refractivity contribution in [2.24, 2.45) is 5.92 Å². The van der Waals surface area contributed by atoms with Crippen molar-refractivity contribution in [3.05, 3.63) is 29.8 Å². The lowest BCUT2D eigenvalue weighted by atomic mass is 9.95. The summed E-state index contributed by atoms with van der Waals surface area (Å²) in [5.74, 6) is 0.880. The number of methoxy groups -OCH3 is 1. The number of carbonyl (C=O) groups excluding carboxylic acids is 1. The second kappa shape index (κ2) is 10.1. The number of piperidine rings is 1. The van der Waals surface area contributed by atoms with Crippen LogP contribution in [0.4, 0.5) is 0 Å². The quantitative estimate of drug-likeness (QED) is 0.696. The number of benzene rings is 1. The molecule has 6 nitrogen and oxygen atoms in total. The van der Waals surface area contributed by atoms with Gasteiger partial charge >= 0.3 is 0 Å². The Morgan fingerprint density at radius 1 is 1.22 bits per heavy atom. The van der Waals surface area contributed by atoms with Gasteiger partial charge in [0.2, 0.25) is 15.9 Å². The van der Waals surface area contributed by atoms with E-state index in [0.717, 1.165) is 24.2 Å². The third-order valence-corrected chi connectivity index (χ3v) is 7.17. The SMILES string of the molecule is CCCCS(=O)(=O)N1CCC(C(=O)NC(CC)c2ccc(OC)cc2)CC1. The molecule has 0 spiro atoms. The zero-order chi connectivity index (χ0) is 19.9. The normalized spacial score (nSPS) is 17.4. The molecular weight excluding hydrogens is 364 g/mol. The van der Waals surface area contributed by atoms with Gasteiger partial charge in [-0.25, -0.2) is 12.7 Å². The highest BCUT2D eigenvalue weighted by molar-refractivity contribution is 7.89. The zero-order valence-corrected chi connectivity index (χ0v) is 17.4. The summed E-state index contributed by atoms with van der Waals surface area (Å²) < 4.78 is 31.3. The fourth-order valence-corrected chi connectivity index (χ4v) is 5.08. The van der Waals surface area contributed by atoms with Gasteiger partial charge in [-0.1, -0.05) is 32.4 Å². The summed E-state index contributed by atoms with van der Waals surface area (Å²) in [7, 11) is -1.55. The number of nitrogens with zero attached hydrogens (tertiary/aromatic N) is 1. The van der Waals surface area contributed by atoms with Gasteiger partial charge in [-0.15, -0.1) is 0 Å². The summed E-state index contributed by atoms with van der Waals surface area (Å²) in [6, 6.07) is 7.68. The summed E-state index contributed by atoms with van der Waals surface area (Å²) in [6.07, 6.45) is 3.50. The first-order valence-electron chi connectivity index (χ1n) is 9.83. The lowest BCUT2D eigenvalue weighted by molar-refractivity contribution is -0.126. The molecule has 152 valence electrons. The molecule has 2 rings (SSSR count). The Hall–Kier alpha value is -1.60. The van der Waals surface area contributed by atoms with Crippen LogP contribution in [0, 0.1) is 5.92 Å². The van der Waals surface area contributed by atoms with Crippen LogP contribution in [0.3, 0.4) is 0 Å². The molecule has 1 aliphatic rings. The van der Waals surface area contributed by atoms with Crippen molar-refractivity contribution in [1.82, 2.24) is 9.62 Å². The third-order valence-electron chi connectivity index (χ3n) is 5.22. The maximum Gasteiger partial charge on any atom is 0.223 e. The number of rotatable bonds is 9. The average molecular weight is 397 g/mol. The van der Waals surface area contributed by atoms with Gasteiger partial charge in [0, 0.05) is 19.0 Å². The zero-order valence-electron chi connectivity index (χ0n) is 16.6. The molecule has 1 unspecified atom stereocenters. The molecule has 1 heterocycles. The molecule has 0 radical (unpaired) electrons. The minimum absolute atomic E-state index is 0.0169. The van der Waals surface area contributed by atoms with E-state index in [1.807, 2.05) is 38.1 Å². The minimum atomic E-state index is -3.18. The van der Waals surface area contributed by atoms with Gasteiger partial charge in [-0.05, 0) is 43.4 Å². The molecule has 1 amide bonds. The maximum atomic E-state index is 12.7. The van der Waals surface area contributed by atoms with Gasteiger partial charge in [0.15, 0.2) is 0 Å². The number of hydrogen-bond donors (Lipinski definition) is 1. The molecule has 1 N–H and O–H groups in total. The summed E-state index contributed by atoms with van der Waals surface area (Å²) in [5.41, 5.74) is 1.05. The Morgan fingerprint density at radius 2 is 1.85 bits per heavy atom. The standard InChI is InChI=1S/C20H32N2O4S/c1-4-6-15-27(24,25)22-13-11-17(12-14-22)20(23)21-19(5-2)16-7-9-18(26-3)10-8-16/h7-10,17,19H,4-6,11-15H2,1-3H3,(H,21,23). The van der Waals surface area contributed by atoms with E-state index in [9.17, 15) is 13.2 Å². The van der Waals surface area contributed by atoms with E-state index < -0.39 is 10.0 Å². The Kier molecular flexibility index (Phi) is 8.10. The highest BCUT2D eigenvalue weighted by atomic mass is 32.2. The smallest absolute Gasteiger partial charge is 0.223 e. The maximum absolute atomic E-state index is 12.7. The number of ether oxygens (including phenoxy) is 1. The number of nitrogens with one attached hydrogen (secondary N) is 1. The van der Waals surface area contributed by atoms with Crippen LogP contribution >= 0.6 is 0 Å². The Balaban J connectivity index is 1.90. The molecule has 0 bridgehead atoms. The van der Waals surface area contributed by atoms with E-state index in [1.165, 1.54) is 0 Å². The fourth-order valence-electron chi connectivity index (χ4n) is 3.40. The van der Waals surface area contributed by atoms with E-state index in [-0.39, 0.29) is 23.6 Å². The molecule has 1 atom stereocenters. The van der Waals surface area contributed by atoms with E-state index in [0.29, 0.717) is 32.4 Å². The summed E-state index contributed by atoms with van der Waals surface area (Å²) >= 11 is 0. The molecule has 1 aromatic rings. The number of hydrogen-bond acceptors (Lipinski definition) is 4. The van der Waals surface area contributed by atoms with E-state index in [2.05, 4.69) is 5.32 Å². The van der Waals surface area contributed by atoms with Crippen molar-refractivity contribution in [3.8, 4) is 5.75 Å². The molecule has 1 fully saturated rings. The van der Waals surface area contributed by atoms with Crippen molar-refractivity contribution >= 4 is 15.9 Å². The average Bonchev–Trinajstić information content (AvgIpc) is 2.70. The first kappa shape index (κ1) is 21.7. The van der Waals surface area contributed by atoms with E-state index in [1.54, 1.807) is 11.4 Å². The third kappa shape index (κ3) is 5.94. The van der Waals surface area contributed by atoms with Gasteiger partial charge in [-0.3, -0.25) is 4.79 Å². The summed E-state index contributed by atoms with van der Waals surface area (Å²) in [5, 5.41) is 3.13. The van der Waals surface area contributed by atoms with Gasteiger partial charge in [0.1, 0.15) is 5.75 Å². The van der Waals surface area contributed by atoms with Crippen molar-refractivity contribution in [3.63, 3.8) is 0 Å². The van der Waals surface area contributed by atoms with Crippen LogP contribution in [-0.2, 0) is 14.8 Å². The number of sulfonamides is 1. The van der Waals surface area contributed by atoms with Gasteiger partial charge in [-0.2, -0.15) is 0 Å². The van der Waals surface area contributed by atoms with Crippen LogP contribution < -0.4 is 10.1 Å². The van der Waals surface area contributed by atoms with Gasteiger partial charge < -0.3 is 10.1 Å². The predicted octanol–water partition coefficient (Wildman–Crippen LogP) is 3.10. The molecule has 1 aliphatic heterocycles. The first-order chi connectivity index (χ1) is 12.9. The van der Waals surface area contributed by atoms with E-state index in [4.69, 9.17) is 4.74 Å². The van der Waals surface area contributed by atoms with Crippen LogP contribution in [0.25, 0.3) is 0 Å². The molecule has 7 heteroatoms. The number of unbranched alkanes of at least 4 members (excludes halogenated alkanes) is 1. The van der Waals surface area contributed by atoms with Crippen molar-refractivity contribution < 1.29 is 17.9 Å². The molecule has 0 saturated carbocycles. The molecule has 27 heavy (non-hydrogen) atoms. The molecular formula is C20H32N2O4S. The summed E-state index contributed by atoms with van der Waals surface area (Å²) in [4.78, 5) is 12.7. The van der Waals surface area contributed by atoms with Gasteiger partial charge in [0.25, 0.3) is 0 Å². The highest BCUT2D eigenvalue weighted by Gasteiger charge is 2.31. The lowest BCUT2D eigenvalue weighted by Crippen LogP contribution is -2.44. The van der Waals surface area contributed by atoms with Crippen LogP contribution in [0.2, 0.25) is 0 Å². The topological polar surface area (TPSA) is 75.7 Å². The molecule has 0 aliphatic carbocycles. The van der Waals surface area contributed by atoms with Crippen LogP contribution in [-0.4, -0.2) is 44.6 Å². The first-order valence-corrected chi connectivity index (χ1v) is 11.4. The second-order valence-electron chi connectivity index (χ2n) is 7.09. The molecule has 1 aromatic carbocycles. The minimum Gasteiger partial charge on any atom is -0.497 e. The Labute approximate surface area is 163 Å². The summed E-state index contributed by atoms with van der Waals surface area (Å²) in [6.45, 7) is 4.89. The van der Waals surface area contributed by atoms with Gasteiger partial charge in [0.05, 0.1) is 18.9 Å². The number of amides is 1. The van der Waals surface area contributed by atoms with Crippen LogP contribution in [0.5, 0.6) is 5.75 Å².